The molecule has 4 rings (SSSR count). The van der Waals surface area contributed by atoms with Crippen molar-refractivity contribution < 1.29 is 13.2 Å². The first kappa shape index (κ1) is 17.1. The third kappa shape index (κ3) is 3.20. The molecule has 1 N–H and O–H groups in total. The van der Waals surface area contributed by atoms with Crippen LogP contribution in [0.1, 0.15) is 19.3 Å². The number of nitrogens with zero attached hydrogens (tertiary/aromatic N) is 2. The summed E-state index contributed by atoms with van der Waals surface area (Å²) in [6.45, 7) is 0.455. The van der Waals surface area contributed by atoms with E-state index in [1.807, 2.05) is 30.3 Å². The quantitative estimate of drug-likeness (QED) is 0.812. The molecule has 0 spiro atoms. The molecule has 0 amide bonds. The summed E-state index contributed by atoms with van der Waals surface area (Å²) in [4.78, 5) is 12.1. The average Bonchev–Trinajstić information content (AvgIpc) is 3.43. The molecule has 1 heterocycles. The van der Waals surface area contributed by atoms with E-state index in [4.69, 9.17) is 0 Å². The van der Waals surface area contributed by atoms with Gasteiger partial charge in [0.25, 0.3) is 0 Å². The van der Waals surface area contributed by atoms with Crippen LogP contribution in [0.2, 0.25) is 0 Å². The normalized spacial score (nSPS) is 18.0. The summed E-state index contributed by atoms with van der Waals surface area (Å²) in [7, 11) is -3.76. The topological polar surface area (TPSA) is 69.7 Å². The lowest BCUT2D eigenvalue weighted by atomic mass is 10.2. The van der Waals surface area contributed by atoms with Crippen LogP contribution in [0.25, 0.3) is 0 Å². The smallest absolute Gasteiger partial charge is 0.307 e. The summed E-state index contributed by atoms with van der Waals surface area (Å²) in [6.07, 6.45) is 2.43. The Morgan fingerprint density at radius 3 is 2.35 bits per heavy atom. The Hall–Kier alpha value is -2.38. The third-order valence-electron chi connectivity index (χ3n) is 4.63. The van der Waals surface area contributed by atoms with Crippen LogP contribution in [0.3, 0.4) is 0 Å². The number of hydrogen-bond donors (Lipinski definition) is 1. The molecule has 1 saturated carbocycles. The standard InChI is InChI=1S/C19H21N3O3S/c23-17(14-20-15-10-11-15)12-13-21-18-8-4-5-9-19(18)22(26(21,24)25)16-6-2-1-3-7-16/h1-9,15,20H,10-14H2. The Labute approximate surface area is 153 Å². The molecule has 26 heavy (non-hydrogen) atoms. The van der Waals surface area contributed by atoms with Crippen LogP contribution in [-0.2, 0) is 15.0 Å². The van der Waals surface area contributed by atoms with Crippen molar-refractivity contribution in [1.82, 2.24) is 5.32 Å². The minimum absolute atomic E-state index is 0.0303. The molecule has 136 valence electrons. The number of Topliss-reactive ketones (excluding diaryl/α,β-unsaturated/α-hetero) is 1. The van der Waals surface area contributed by atoms with Crippen molar-refractivity contribution in [2.24, 2.45) is 0 Å². The van der Waals surface area contributed by atoms with Crippen molar-refractivity contribution in [3.63, 3.8) is 0 Å². The lowest BCUT2D eigenvalue weighted by Gasteiger charge is -2.21. The summed E-state index contributed by atoms with van der Waals surface area (Å²) in [5.74, 6) is 0.0303. The molecule has 2 aromatic rings. The van der Waals surface area contributed by atoms with Crippen LogP contribution in [-0.4, -0.2) is 33.3 Å². The average molecular weight is 371 g/mol. The second-order valence-corrected chi connectivity index (χ2v) is 8.31. The zero-order valence-electron chi connectivity index (χ0n) is 14.3. The Bertz CT molecular complexity index is 911. The SMILES string of the molecule is O=C(CCN1c2ccccc2N(c2ccccc2)S1(=O)=O)CNC1CC1. The molecule has 0 unspecified atom stereocenters. The molecule has 0 aromatic heterocycles. The van der Waals surface area contributed by atoms with E-state index in [0.29, 0.717) is 29.6 Å². The molecule has 0 atom stereocenters. The summed E-state index contributed by atoms with van der Waals surface area (Å²) < 4.78 is 29.0. The minimum atomic E-state index is -3.76. The molecule has 0 radical (unpaired) electrons. The third-order valence-corrected chi connectivity index (χ3v) is 6.43. The van der Waals surface area contributed by atoms with E-state index in [0.717, 1.165) is 12.8 Å². The first-order chi connectivity index (χ1) is 12.6. The van der Waals surface area contributed by atoms with Crippen molar-refractivity contribution >= 4 is 33.1 Å². The van der Waals surface area contributed by atoms with Gasteiger partial charge in [0.15, 0.2) is 0 Å². The number of carbonyl (C=O) groups excluding carboxylic acids is 1. The van der Waals surface area contributed by atoms with Crippen LogP contribution in [0.15, 0.2) is 54.6 Å². The lowest BCUT2D eigenvalue weighted by Crippen LogP contribution is -2.37. The van der Waals surface area contributed by atoms with Crippen molar-refractivity contribution in [3.05, 3.63) is 54.6 Å². The van der Waals surface area contributed by atoms with Gasteiger partial charge < -0.3 is 5.32 Å². The zero-order valence-corrected chi connectivity index (χ0v) is 15.2. The van der Waals surface area contributed by atoms with Gasteiger partial charge in [-0.25, -0.2) is 4.31 Å². The molecule has 1 aliphatic heterocycles. The Morgan fingerprint density at radius 1 is 1.00 bits per heavy atom. The highest BCUT2D eigenvalue weighted by atomic mass is 32.2. The molecule has 1 aliphatic carbocycles. The van der Waals surface area contributed by atoms with Crippen LogP contribution in [0, 0.1) is 0 Å². The van der Waals surface area contributed by atoms with E-state index in [1.165, 1.54) is 8.61 Å². The van der Waals surface area contributed by atoms with Gasteiger partial charge in [0.1, 0.15) is 5.78 Å². The van der Waals surface area contributed by atoms with E-state index in [9.17, 15) is 13.2 Å². The van der Waals surface area contributed by atoms with Crippen molar-refractivity contribution in [2.75, 3.05) is 21.7 Å². The Morgan fingerprint density at radius 2 is 1.65 bits per heavy atom. The van der Waals surface area contributed by atoms with Gasteiger partial charge in [-0.1, -0.05) is 30.3 Å². The molecule has 6 nitrogen and oxygen atoms in total. The molecular weight excluding hydrogens is 350 g/mol. The monoisotopic (exact) mass is 371 g/mol. The van der Waals surface area contributed by atoms with Crippen molar-refractivity contribution in [2.45, 2.75) is 25.3 Å². The number of rotatable bonds is 7. The molecular formula is C19H21N3O3S. The molecule has 0 bridgehead atoms. The number of nitrogens with one attached hydrogen (secondary N) is 1. The highest BCUT2D eigenvalue weighted by molar-refractivity contribution is 7.95. The lowest BCUT2D eigenvalue weighted by molar-refractivity contribution is -0.118. The van der Waals surface area contributed by atoms with E-state index in [2.05, 4.69) is 5.32 Å². The van der Waals surface area contributed by atoms with Gasteiger partial charge in [-0.15, -0.1) is 0 Å². The number of hydrogen-bond acceptors (Lipinski definition) is 4. The van der Waals surface area contributed by atoms with Gasteiger partial charge in [-0.3, -0.25) is 9.10 Å². The van der Waals surface area contributed by atoms with E-state index in [-0.39, 0.29) is 18.7 Å². The van der Waals surface area contributed by atoms with E-state index >= 15 is 0 Å². The first-order valence-corrected chi connectivity index (χ1v) is 10.2. The number of anilines is 3. The molecule has 7 heteroatoms. The largest absolute Gasteiger partial charge is 0.330 e. The fraction of sp³-hybridized carbons (Fsp3) is 0.316. The summed E-state index contributed by atoms with van der Waals surface area (Å²) >= 11 is 0. The summed E-state index contributed by atoms with van der Waals surface area (Å²) in [5.41, 5.74) is 1.81. The fourth-order valence-electron chi connectivity index (χ4n) is 3.13. The van der Waals surface area contributed by atoms with Gasteiger partial charge in [0.05, 0.1) is 23.6 Å². The second-order valence-electron chi connectivity index (χ2n) is 6.61. The van der Waals surface area contributed by atoms with E-state index < -0.39 is 10.2 Å². The molecule has 2 aliphatic rings. The fourth-order valence-corrected chi connectivity index (χ4v) is 4.84. The van der Waals surface area contributed by atoms with Gasteiger partial charge in [-0.05, 0) is 37.1 Å². The van der Waals surface area contributed by atoms with Gasteiger partial charge in [0, 0.05) is 19.0 Å². The Balaban J connectivity index is 1.57. The van der Waals surface area contributed by atoms with Gasteiger partial charge >= 0.3 is 10.2 Å². The highest BCUT2D eigenvalue weighted by Gasteiger charge is 2.41. The van der Waals surface area contributed by atoms with Crippen LogP contribution >= 0.6 is 0 Å². The number of carbonyl (C=O) groups is 1. The van der Waals surface area contributed by atoms with Crippen LogP contribution < -0.4 is 13.9 Å². The van der Waals surface area contributed by atoms with Gasteiger partial charge in [0.2, 0.25) is 0 Å². The predicted octanol–water partition coefficient (Wildman–Crippen LogP) is 2.60. The van der Waals surface area contributed by atoms with Crippen molar-refractivity contribution in [1.29, 1.82) is 0 Å². The van der Waals surface area contributed by atoms with Crippen LogP contribution in [0.4, 0.5) is 17.1 Å². The summed E-state index contributed by atoms with van der Waals surface area (Å²) in [6, 6.07) is 16.7. The first-order valence-electron chi connectivity index (χ1n) is 8.79. The number of ketones is 1. The minimum Gasteiger partial charge on any atom is -0.307 e. The van der Waals surface area contributed by atoms with E-state index in [1.54, 1.807) is 24.3 Å². The Kier molecular flexibility index (Phi) is 4.42. The second kappa shape index (κ2) is 6.74. The van der Waals surface area contributed by atoms with Crippen molar-refractivity contribution in [3.8, 4) is 0 Å². The molecule has 2 aromatic carbocycles. The summed E-state index contributed by atoms with van der Waals surface area (Å²) in [5, 5.41) is 3.18. The molecule has 1 fully saturated rings. The maximum atomic E-state index is 13.2. The van der Waals surface area contributed by atoms with Gasteiger partial charge in [-0.2, -0.15) is 8.42 Å². The number of benzene rings is 2. The highest BCUT2D eigenvalue weighted by Crippen LogP contribution is 2.44. The number of fused-ring (bicyclic) bond motifs is 1. The maximum Gasteiger partial charge on any atom is 0.330 e. The number of para-hydroxylation sites is 3. The van der Waals surface area contributed by atoms with Crippen LogP contribution in [0.5, 0.6) is 0 Å². The maximum absolute atomic E-state index is 13.2. The zero-order chi connectivity index (χ0) is 18.1. The molecule has 0 saturated heterocycles. The predicted molar refractivity (Wildman–Crippen MR) is 102 cm³/mol.